The van der Waals surface area contributed by atoms with Crippen LogP contribution in [-0.4, -0.2) is 95.2 Å². The Labute approximate surface area is 244 Å². The molecule has 0 saturated carbocycles. The molecule has 2 fully saturated rings. The standard InChI is InChI=1S/C29H42BrN3O7/c1-3-4-13-32-14-9-7-8-12-21(35)31-18-19(2)39-28(38)22-23-26(36)33(15-10-5-6-11-16-34)25(27(32)37)29(23)17-20(30)24(22)40-29/h7,9,17,19,22-25,34H,3-6,8,10-16,18H2,1-2H3,(H,31,35)/b9-7-/t19-,22+,23-,24+,25+,29-/m0/s1. The Hall–Kier alpha value is -2.24. The molecule has 0 aliphatic carbocycles. The third kappa shape index (κ3) is 6.16. The molecule has 0 unspecified atom stereocenters. The third-order valence-electron chi connectivity index (χ3n) is 8.27. The number of amides is 3. The van der Waals surface area contributed by atoms with Crippen molar-refractivity contribution in [3.63, 3.8) is 0 Å². The number of carbonyl (C=O) groups is 4. The number of unbranched alkanes of at least 4 members (excludes halogenated alkanes) is 4. The van der Waals surface area contributed by atoms with Gasteiger partial charge in [0.25, 0.3) is 0 Å². The van der Waals surface area contributed by atoms with E-state index in [-0.39, 0.29) is 30.9 Å². The molecule has 4 heterocycles. The van der Waals surface area contributed by atoms with Gasteiger partial charge in [-0.3, -0.25) is 19.2 Å². The number of halogens is 1. The second-order valence-corrected chi connectivity index (χ2v) is 12.1. The molecule has 10 nitrogen and oxygen atoms in total. The van der Waals surface area contributed by atoms with Crippen molar-refractivity contribution in [1.29, 1.82) is 0 Å². The molecule has 1 spiro atoms. The van der Waals surface area contributed by atoms with Crippen LogP contribution in [0.5, 0.6) is 0 Å². The molecule has 4 aliphatic rings. The highest BCUT2D eigenvalue weighted by molar-refractivity contribution is 9.11. The summed E-state index contributed by atoms with van der Waals surface area (Å²) >= 11 is 3.56. The Kier molecular flexibility index (Phi) is 10.5. The van der Waals surface area contributed by atoms with Gasteiger partial charge in [0.15, 0.2) is 0 Å². The van der Waals surface area contributed by atoms with Crippen LogP contribution in [0.3, 0.4) is 0 Å². The highest BCUT2D eigenvalue weighted by atomic mass is 79.9. The Morgan fingerprint density at radius 2 is 1.85 bits per heavy atom. The lowest BCUT2D eigenvalue weighted by Gasteiger charge is -2.36. The minimum atomic E-state index is -1.27. The van der Waals surface area contributed by atoms with Crippen molar-refractivity contribution in [2.75, 3.05) is 32.8 Å². The molecule has 6 atom stereocenters. The van der Waals surface area contributed by atoms with E-state index in [0.29, 0.717) is 49.8 Å². The first kappa shape index (κ1) is 30.7. The molecule has 222 valence electrons. The first-order chi connectivity index (χ1) is 19.2. The smallest absolute Gasteiger partial charge is 0.313 e. The van der Waals surface area contributed by atoms with E-state index in [0.717, 1.165) is 25.7 Å². The molecule has 0 aromatic carbocycles. The first-order valence-corrected chi connectivity index (χ1v) is 15.4. The lowest BCUT2D eigenvalue weighted by Crippen LogP contribution is -2.56. The fraction of sp³-hybridized carbons (Fsp3) is 0.724. The molecule has 40 heavy (non-hydrogen) atoms. The summed E-state index contributed by atoms with van der Waals surface area (Å²) in [6, 6.07) is -0.903. The summed E-state index contributed by atoms with van der Waals surface area (Å²) in [5.41, 5.74) is -1.27. The van der Waals surface area contributed by atoms with Crippen LogP contribution in [0.2, 0.25) is 0 Å². The number of aliphatic hydroxyl groups excluding tert-OH is 1. The lowest BCUT2D eigenvalue weighted by atomic mass is 9.74. The van der Waals surface area contributed by atoms with Gasteiger partial charge < -0.3 is 29.7 Å². The number of rotatable bonds is 9. The average Bonchev–Trinajstić information content (AvgIpc) is 3.51. The molecule has 3 amide bonds. The number of hydrogen-bond acceptors (Lipinski definition) is 7. The molecule has 2 N–H and O–H groups in total. The number of esters is 1. The van der Waals surface area contributed by atoms with Crippen LogP contribution in [0.25, 0.3) is 0 Å². The van der Waals surface area contributed by atoms with Gasteiger partial charge in [-0.05, 0) is 38.7 Å². The summed E-state index contributed by atoms with van der Waals surface area (Å²) in [5.74, 6) is -2.97. The van der Waals surface area contributed by atoms with E-state index in [2.05, 4.69) is 28.2 Å². The van der Waals surface area contributed by atoms with Crippen molar-refractivity contribution in [3.8, 4) is 0 Å². The van der Waals surface area contributed by atoms with E-state index < -0.39 is 41.7 Å². The Morgan fingerprint density at radius 1 is 1.07 bits per heavy atom. The predicted molar refractivity (Wildman–Crippen MR) is 151 cm³/mol. The van der Waals surface area contributed by atoms with Gasteiger partial charge in [-0.25, -0.2) is 0 Å². The predicted octanol–water partition coefficient (Wildman–Crippen LogP) is 2.44. The molecule has 0 aromatic heterocycles. The van der Waals surface area contributed by atoms with Crippen molar-refractivity contribution in [2.24, 2.45) is 11.8 Å². The van der Waals surface area contributed by atoms with Crippen LogP contribution in [0.1, 0.15) is 65.2 Å². The molecule has 0 aromatic rings. The monoisotopic (exact) mass is 623 g/mol. The zero-order valence-electron chi connectivity index (χ0n) is 23.5. The highest BCUT2D eigenvalue weighted by Gasteiger charge is 2.74. The number of fused-ring (bicyclic) bond motifs is 2. The van der Waals surface area contributed by atoms with Crippen LogP contribution < -0.4 is 5.32 Å². The van der Waals surface area contributed by atoms with Gasteiger partial charge in [0.2, 0.25) is 17.7 Å². The van der Waals surface area contributed by atoms with Crippen molar-refractivity contribution >= 4 is 39.6 Å². The molecular weight excluding hydrogens is 582 g/mol. The number of hydrogen-bond donors (Lipinski definition) is 2. The van der Waals surface area contributed by atoms with Crippen molar-refractivity contribution in [1.82, 2.24) is 15.1 Å². The maximum absolute atomic E-state index is 14.4. The zero-order chi connectivity index (χ0) is 28.9. The minimum Gasteiger partial charge on any atom is -0.460 e. The summed E-state index contributed by atoms with van der Waals surface area (Å²) in [7, 11) is 0. The van der Waals surface area contributed by atoms with Gasteiger partial charge in [-0.2, -0.15) is 0 Å². The fourth-order valence-corrected chi connectivity index (χ4v) is 7.00. The van der Waals surface area contributed by atoms with E-state index in [1.807, 2.05) is 18.2 Å². The highest BCUT2D eigenvalue weighted by Crippen LogP contribution is 2.58. The fourth-order valence-electron chi connectivity index (χ4n) is 6.27. The van der Waals surface area contributed by atoms with Crippen molar-refractivity contribution in [2.45, 2.75) is 89.1 Å². The second-order valence-electron chi connectivity index (χ2n) is 11.2. The number of carbonyl (C=O) groups excluding carboxylic acids is 4. The summed E-state index contributed by atoms with van der Waals surface area (Å²) in [6.45, 7) is 5.28. The van der Waals surface area contributed by atoms with E-state index in [1.54, 1.807) is 16.7 Å². The van der Waals surface area contributed by atoms with Gasteiger partial charge in [-0.15, -0.1) is 0 Å². The second kappa shape index (κ2) is 13.6. The van der Waals surface area contributed by atoms with Crippen molar-refractivity contribution in [3.05, 3.63) is 22.7 Å². The molecule has 4 rings (SSSR count). The van der Waals surface area contributed by atoms with E-state index in [4.69, 9.17) is 14.6 Å². The molecule has 4 aliphatic heterocycles. The number of nitrogens with zero attached hydrogens (tertiary/aromatic N) is 2. The Bertz CT molecular complexity index is 1030. The maximum Gasteiger partial charge on any atom is 0.313 e. The van der Waals surface area contributed by atoms with Crippen LogP contribution >= 0.6 is 15.9 Å². The molecule has 0 radical (unpaired) electrons. The average molecular weight is 625 g/mol. The van der Waals surface area contributed by atoms with E-state index in [9.17, 15) is 19.2 Å². The van der Waals surface area contributed by atoms with Crippen LogP contribution in [-0.2, 0) is 28.7 Å². The largest absolute Gasteiger partial charge is 0.460 e. The summed E-state index contributed by atoms with van der Waals surface area (Å²) < 4.78 is 12.9. The molecular formula is C29H42BrN3O7. The topological polar surface area (TPSA) is 125 Å². The van der Waals surface area contributed by atoms with Crippen LogP contribution in [0, 0.1) is 11.8 Å². The SMILES string of the molecule is CCCCN1C/C=C\CCC(=O)NC[C@H](C)OC(=O)[C@H]2[C@@H]3O[C@@]4(C=C3Br)[C@@H]2C(=O)N(CCCCCCO)[C@@H]4C1=O. The Balaban J connectivity index is 1.72. The van der Waals surface area contributed by atoms with E-state index in [1.165, 1.54) is 0 Å². The van der Waals surface area contributed by atoms with Gasteiger partial charge >= 0.3 is 5.97 Å². The van der Waals surface area contributed by atoms with Gasteiger partial charge in [-0.1, -0.05) is 54.3 Å². The number of allylic oxidation sites excluding steroid dienone is 1. The molecule has 5 bridgehead atoms. The number of cyclic esters (lactones) is 1. The number of nitrogens with one attached hydrogen (secondary N) is 1. The maximum atomic E-state index is 14.4. The summed E-state index contributed by atoms with van der Waals surface area (Å²) in [6.07, 6.45) is 9.83. The normalized spacial score (nSPS) is 33.6. The van der Waals surface area contributed by atoms with Gasteiger partial charge in [0, 0.05) is 37.1 Å². The minimum absolute atomic E-state index is 0.120. The Morgan fingerprint density at radius 3 is 2.60 bits per heavy atom. The van der Waals surface area contributed by atoms with Crippen molar-refractivity contribution < 1.29 is 33.8 Å². The zero-order valence-corrected chi connectivity index (χ0v) is 25.1. The third-order valence-corrected chi connectivity index (χ3v) is 8.95. The summed E-state index contributed by atoms with van der Waals surface area (Å²) in [5, 5.41) is 11.9. The van der Waals surface area contributed by atoms with Gasteiger partial charge in [0.05, 0.1) is 12.5 Å². The first-order valence-electron chi connectivity index (χ1n) is 14.6. The van der Waals surface area contributed by atoms with Crippen LogP contribution in [0.4, 0.5) is 0 Å². The van der Waals surface area contributed by atoms with Crippen LogP contribution in [0.15, 0.2) is 22.7 Å². The number of aliphatic hydroxyl groups is 1. The lowest BCUT2D eigenvalue weighted by molar-refractivity contribution is -0.158. The number of ether oxygens (including phenoxy) is 2. The van der Waals surface area contributed by atoms with E-state index >= 15 is 0 Å². The summed E-state index contributed by atoms with van der Waals surface area (Å²) in [4.78, 5) is 57.7. The molecule has 2 saturated heterocycles. The number of likely N-dealkylation sites (tertiary alicyclic amines) is 1. The molecule has 11 heteroatoms. The quantitative estimate of drug-likeness (QED) is 0.229. The van der Waals surface area contributed by atoms with Gasteiger partial charge in [0.1, 0.15) is 29.8 Å².